The van der Waals surface area contributed by atoms with Gasteiger partial charge in [-0.2, -0.15) is 0 Å². The van der Waals surface area contributed by atoms with E-state index in [1.165, 1.54) is 7.11 Å². The highest BCUT2D eigenvalue weighted by Crippen LogP contribution is 2.23. The van der Waals surface area contributed by atoms with Gasteiger partial charge < -0.3 is 14.4 Å². The Labute approximate surface area is 135 Å². The maximum Gasteiger partial charge on any atom is 0.309 e. The molecule has 1 amide bonds. The summed E-state index contributed by atoms with van der Waals surface area (Å²) in [4.78, 5) is 26.6. The van der Waals surface area contributed by atoms with E-state index in [-0.39, 0.29) is 17.8 Å². The lowest BCUT2D eigenvalue weighted by molar-refractivity contribution is -0.143. The molecule has 0 spiro atoms. The first-order chi connectivity index (χ1) is 10.6. The van der Waals surface area contributed by atoms with Gasteiger partial charge in [-0.05, 0) is 18.2 Å². The molecule has 1 fully saturated rings. The quantitative estimate of drug-likeness (QED) is 0.613. The smallest absolute Gasteiger partial charge is 0.309 e. The third kappa shape index (κ3) is 4.48. The molecule has 0 bridgehead atoms. The summed E-state index contributed by atoms with van der Waals surface area (Å²) in [5, 5.41) is 0. The van der Waals surface area contributed by atoms with Crippen molar-refractivity contribution in [1.82, 2.24) is 4.90 Å². The molecule has 0 N–H and O–H groups in total. The lowest BCUT2D eigenvalue weighted by atomic mass is 10.2. The average molecular weight is 323 g/mol. The molecule has 6 heteroatoms. The minimum Gasteiger partial charge on any atom is -0.469 e. The van der Waals surface area contributed by atoms with Crippen molar-refractivity contribution in [3.05, 3.63) is 29.8 Å². The third-order valence-corrected chi connectivity index (χ3v) is 4.74. The Morgan fingerprint density at radius 3 is 2.77 bits per heavy atom. The van der Waals surface area contributed by atoms with Crippen LogP contribution in [0, 0.1) is 5.92 Å². The topological polar surface area (TPSA) is 55.8 Å². The molecular weight excluding hydrogens is 302 g/mol. The van der Waals surface area contributed by atoms with Crippen LogP contribution in [0.5, 0.6) is 0 Å². The Balaban J connectivity index is 1.97. The summed E-state index contributed by atoms with van der Waals surface area (Å²) in [5.74, 6) is 0.274. The van der Waals surface area contributed by atoms with Crippen molar-refractivity contribution in [2.45, 2.75) is 11.8 Å². The van der Waals surface area contributed by atoms with Crippen LogP contribution in [0.2, 0.25) is 0 Å². The Morgan fingerprint density at radius 2 is 2.09 bits per heavy atom. The monoisotopic (exact) mass is 323 g/mol. The largest absolute Gasteiger partial charge is 0.469 e. The van der Waals surface area contributed by atoms with Crippen LogP contribution in [0.3, 0.4) is 0 Å². The number of rotatable bonds is 5. The second-order valence-electron chi connectivity index (χ2n) is 5.17. The number of esters is 1. The molecule has 1 atom stereocenters. The molecule has 1 aliphatic rings. The van der Waals surface area contributed by atoms with E-state index in [9.17, 15) is 9.59 Å². The van der Waals surface area contributed by atoms with Crippen LogP contribution >= 0.6 is 11.8 Å². The Morgan fingerprint density at radius 1 is 1.36 bits per heavy atom. The molecule has 0 aliphatic carbocycles. The molecule has 0 aromatic heterocycles. The minimum atomic E-state index is -0.215. The maximum absolute atomic E-state index is 12.4. The van der Waals surface area contributed by atoms with Crippen molar-refractivity contribution in [2.75, 3.05) is 39.2 Å². The Kier molecular flexibility index (Phi) is 6.27. The van der Waals surface area contributed by atoms with Gasteiger partial charge in [-0.3, -0.25) is 9.59 Å². The first kappa shape index (κ1) is 16.8. The fourth-order valence-corrected chi connectivity index (χ4v) is 3.12. The second-order valence-corrected chi connectivity index (χ2v) is 6.26. The molecule has 22 heavy (non-hydrogen) atoms. The number of thioether (sulfide) groups is 1. The van der Waals surface area contributed by atoms with Crippen molar-refractivity contribution >= 4 is 23.6 Å². The van der Waals surface area contributed by atoms with E-state index in [1.54, 1.807) is 11.8 Å². The van der Waals surface area contributed by atoms with E-state index in [2.05, 4.69) is 0 Å². The van der Waals surface area contributed by atoms with E-state index in [0.29, 0.717) is 37.6 Å². The van der Waals surface area contributed by atoms with Gasteiger partial charge in [0.25, 0.3) is 5.91 Å². The summed E-state index contributed by atoms with van der Waals surface area (Å²) in [6.07, 6.45) is 0. The zero-order valence-corrected chi connectivity index (χ0v) is 13.7. The molecular formula is C16H21NO4S. The molecule has 0 saturated carbocycles. The fourth-order valence-electron chi connectivity index (χ4n) is 2.16. The van der Waals surface area contributed by atoms with E-state index in [4.69, 9.17) is 9.47 Å². The molecule has 0 radical (unpaired) electrons. The number of ether oxygens (including phenoxy) is 2. The summed E-state index contributed by atoms with van der Waals surface area (Å²) >= 11 is 1.55. The predicted molar refractivity (Wildman–Crippen MR) is 85.1 cm³/mol. The number of nitrogens with zero attached hydrogens (tertiary/aromatic N) is 1. The highest BCUT2D eigenvalue weighted by Gasteiger charge is 2.19. The van der Waals surface area contributed by atoms with Crippen molar-refractivity contribution in [1.29, 1.82) is 0 Å². The van der Waals surface area contributed by atoms with E-state index < -0.39 is 0 Å². The van der Waals surface area contributed by atoms with Gasteiger partial charge in [-0.1, -0.05) is 13.0 Å². The lowest BCUT2D eigenvalue weighted by Gasteiger charge is -2.27. The number of carbonyl (C=O) groups excluding carboxylic acids is 2. The first-order valence-electron chi connectivity index (χ1n) is 7.29. The summed E-state index contributed by atoms with van der Waals surface area (Å²) in [6, 6.07) is 7.53. The number of methoxy groups -OCH3 is 1. The van der Waals surface area contributed by atoms with Gasteiger partial charge in [-0.15, -0.1) is 11.8 Å². The van der Waals surface area contributed by atoms with Crippen LogP contribution in [0.25, 0.3) is 0 Å². The van der Waals surface area contributed by atoms with Crippen molar-refractivity contribution in [3.8, 4) is 0 Å². The average Bonchev–Trinajstić information content (AvgIpc) is 2.59. The fraction of sp³-hybridized carbons (Fsp3) is 0.500. The van der Waals surface area contributed by atoms with Crippen molar-refractivity contribution in [2.24, 2.45) is 5.92 Å². The summed E-state index contributed by atoms with van der Waals surface area (Å²) in [6.45, 7) is 4.29. The highest BCUT2D eigenvalue weighted by molar-refractivity contribution is 7.99. The normalized spacial score (nSPS) is 16.2. The van der Waals surface area contributed by atoms with Crippen LogP contribution in [0.1, 0.15) is 17.3 Å². The van der Waals surface area contributed by atoms with Crippen molar-refractivity contribution < 1.29 is 19.1 Å². The zero-order valence-electron chi connectivity index (χ0n) is 12.9. The molecule has 120 valence electrons. The number of hydrogen-bond acceptors (Lipinski definition) is 5. The Hall–Kier alpha value is -1.53. The van der Waals surface area contributed by atoms with Crippen LogP contribution in [0.4, 0.5) is 0 Å². The molecule has 1 aliphatic heterocycles. The van der Waals surface area contributed by atoms with Crippen molar-refractivity contribution in [3.63, 3.8) is 0 Å². The van der Waals surface area contributed by atoms with E-state index in [0.717, 1.165) is 4.90 Å². The predicted octanol–water partition coefficient (Wildman–Crippen LogP) is 2.06. The molecule has 1 unspecified atom stereocenters. The molecule has 1 saturated heterocycles. The number of carbonyl (C=O) groups is 2. The standard InChI is InChI=1S/C16H21NO4S/c1-12(16(19)20-2)11-22-14-5-3-4-13(10-14)15(18)17-6-8-21-9-7-17/h3-5,10,12H,6-9,11H2,1-2H3. The van der Waals surface area contributed by atoms with Gasteiger partial charge in [-0.25, -0.2) is 0 Å². The van der Waals surface area contributed by atoms with Gasteiger partial charge in [0.05, 0.1) is 26.2 Å². The number of benzene rings is 1. The Bertz CT molecular complexity index is 529. The van der Waals surface area contributed by atoms with Crippen LogP contribution in [0.15, 0.2) is 29.2 Å². The lowest BCUT2D eigenvalue weighted by Crippen LogP contribution is -2.40. The summed E-state index contributed by atoms with van der Waals surface area (Å²) in [7, 11) is 1.39. The second kappa shape index (κ2) is 8.19. The van der Waals surface area contributed by atoms with Gasteiger partial charge in [0, 0.05) is 29.3 Å². The van der Waals surface area contributed by atoms with E-state index in [1.807, 2.05) is 36.1 Å². The number of amides is 1. The molecule has 5 nitrogen and oxygen atoms in total. The van der Waals surface area contributed by atoms with Gasteiger partial charge in [0.1, 0.15) is 0 Å². The van der Waals surface area contributed by atoms with Gasteiger partial charge in [0.15, 0.2) is 0 Å². The highest BCUT2D eigenvalue weighted by atomic mass is 32.2. The SMILES string of the molecule is COC(=O)C(C)CSc1cccc(C(=O)N2CCOCC2)c1. The molecule has 1 heterocycles. The maximum atomic E-state index is 12.4. The number of hydrogen-bond donors (Lipinski definition) is 0. The molecule has 1 aromatic carbocycles. The zero-order chi connectivity index (χ0) is 15.9. The summed E-state index contributed by atoms with van der Waals surface area (Å²) in [5.41, 5.74) is 0.678. The van der Waals surface area contributed by atoms with Gasteiger partial charge >= 0.3 is 5.97 Å². The van der Waals surface area contributed by atoms with Gasteiger partial charge in [0.2, 0.25) is 0 Å². The summed E-state index contributed by atoms with van der Waals surface area (Å²) < 4.78 is 9.98. The van der Waals surface area contributed by atoms with E-state index >= 15 is 0 Å². The molecule has 2 rings (SSSR count). The van der Waals surface area contributed by atoms with Crippen LogP contribution in [-0.2, 0) is 14.3 Å². The van der Waals surface area contributed by atoms with Crippen LogP contribution < -0.4 is 0 Å². The minimum absolute atomic E-state index is 0.0340. The third-order valence-electron chi connectivity index (χ3n) is 3.48. The number of morpholine rings is 1. The van der Waals surface area contributed by atoms with Crippen LogP contribution in [-0.4, -0.2) is 55.9 Å². The first-order valence-corrected chi connectivity index (χ1v) is 8.28. The molecule has 1 aromatic rings.